The Morgan fingerprint density at radius 3 is 2.71 bits per heavy atom. The van der Waals surface area contributed by atoms with Crippen LogP contribution in [-0.2, 0) is 16.8 Å². The van der Waals surface area contributed by atoms with Crippen molar-refractivity contribution in [2.75, 3.05) is 7.11 Å². The summed E-state index contributed by atoms with van der Waals surface area (Å²) in [5.41, 5.74) is 5.89. The van der Waals surface area contributed by atoms with Gasteiger partial charge in [0.1, 0.15) is 5.60 Å². The Morgan fingerprint density at radius 1 is 1.29 bits per heavy atom. The number of hydrogen-bond donors (Lipinski definition) is 1. The van der Waals surface area contributed by atoms with Gasteiger partial charge in [0.2, 0.25) is 11.7 Å². The molecule has 1 heterocycles. The monoisotopic (exact) mass is 293 g/mol. The highest BCUT2D eigenvalue weighted by atomic mass is 16.5. The van der Waals surface area contributed by atoms with Crippen molar-refractivity contribution < 1.29 is 9.26 Å². The highest BCUT2D eigenvalue weighted by Gasteiger charge is 2.41. The third-order valence-corrected chi connectivity index (χ3v) is 5.32. The summed E-state index contributed by atoms with van der Waals surface area (Å²) in [6, 6.07) is 0. The fraction of sp³-hybridized carbons (Fsp3) is 0.875. The van der Waals surface area contributed by atoms with E-state index in [2.05, 4.69) is 17.1 Å². The van der Waals surface area contributed by atoms with Crippen LogP contribution in [-0.4, -0.2) is 22.8 Å². The first-order chi connectivity index (χ1) is 10.1. The van der Waals surface area contributed by atoms with Crippen molar-refractivity contribution in [1.29, 1.82) is 0 Å². The number of nitrogens with zero attached hydrogens (tertiary/aromatic N) is 2. The van der Waals surface area contributed by atoms with Crippen LogP contribution in [0.3, 0.4) is 0 Å². The average molecular weight is 293 g/mol. The van der Waals surface area contributed by atoms with Crippen LogP contribution in [0.1, 0.15) is 70.0 Å². The third kappa shape index (κ3) is 2.99. The summed E-state index contributed by atoms with van der Waals surface area (Å²) >= 11 is 0. The lowest BCUT2D eigenvalue weighted by Gasteiger charge is -2.36. The highest BCUT2D eigenvalue weighted by molar-refractivity contribution is 5.06. The molecule has 2 aliphatic rings. The van der Waals surface area contributed by atoms with Gasteiger partial charge in [-0.05, 0) is 38.0 Å². The van der Waals surface area contributed by atoms with E-state index in [1.54, 1.807) is 7.11 Å². The number of hydrogen-bond acceptors (Lipinski definition) is 5. The van der Waals surface area contributed by atoms with Crippen molar-refractivity contribution >= 4 is 0 Å². The standard InChI is InChI=1S/C16H27N3O2/c1-12-6-5-9-16(10-12,20-2)14-18-13(21-19-14)11-15(17)7-3-4-8-15/h12H,3-11,17H2,1-2H3. The molecule has 2 aliphatic carbocycles. The molecule has 21 heavy (non-hydrogen) atoms. The number of ether oxygens (including phenoxy) is 1. The molecule has 0 spiro atoms. The molecule has 1 aromatic heterocycles. The zero-order valence-electron chi connectivity index (χ0n) is 13.2. The van der Waals surface area contributed by atoms with E-state index in [4.69, 9.17) is 15.0 Å². The minimum absolute atomic E-state index is 0.149. The minimum atomic E-state index is -0.364. The van der Waals surface area contributed by atoms with Crippen molar-refractivity contribution in [1.82, 2.24) is 10.1 Å². The lowest BCUT2D eigenvalue weighted by molar-refractivity contribution is -0.0658. The number of nitrogens with two attached hydrogens (primary N) is 1. The van der Waals surface area contributed by atoms with Crippen LogP contribution in [0, 0.1) is 5.92 Å². The molecule has 0 bridgehead atoms. The molecule has 2 atom stereocenters. The van der Waals surface area contributed by atoms with E-state index in [1.807, 2.05) is 0 Å². The summed E-state index contributed by atoms with van der Waals surface area (Å²) < 4.78 is 11.3. The van der Waals surface area contributed by atoms with Crippen LogP contribution in [0.25, 0.3) is 0 Å². The molecule has 2 N–H and O–H groups in total. The van der Waals surface area contributed by atoms with E-state index in [9.17, 15) is 0 Å². The van der Waals surface area contributed by atoms with Gasteiger partial charge in [-0.1, -0.05) is 31.3 Å². The SMILES string of the molecule is COC1(c2noc(CC3(N)CCCC3)n2)CCCC(C)C1. The fourth-order valence-electron chi connectivity index (χ4n) is 4.05. The van der Waals surface area contributed by atoms with E-state index >= 15 is 0 Å². The molecule has 2 fully saturated rings. The highest BCUT2D eigenvalue weighted by Crippen LogP contribution is 2.41. The zero-order chi connectivity index (χ0) is 14.9. The second kappa shape index (κ2) is 5.69. The number of rotatable bonds is 4. The van der Waals surface area contributed by atoms with Gasteiger partial charge in [-0.3, -0.25) is 0 Å². The van der Waals surface area contributed by atoms with Crippen LogP contribution in [0.2, 0.25) is 0 Å². The van der Waals surface area contributed by atoms with Gasteiger partial charge in [-0.15, -0.1) is 0 Å². The lowest BCUT2D eigenvalue weighted by atomic mass is 9.78. The molecular formula is C16H27N3O2. The fourth-order valence-corrected chi connectivity index (χ4v) is 4.05. The smallest absolute Gasteiger partial charge is 0.228 e. The minimum Gasteiger partial charge on any atom is -0.370 e. The Labute approximate surface area is 126 Å². The Balaban J connectivity index is 1.76. The molecule has 118 valence electrons. The largest absolute Gasteiger partial charge is 0.370 e. The van der Waals surface area contributed by atoms with Crippen molar-refractivity contribution in [3.63, 3.8) is 0 Å². The molecule has 5 nitrogen and oxygen atoms in total. The Morgan fingerprint density at radius 2 is 2.05 bits per heavy atom. The molecule has 0 saturated heterocycles. The van der Waals surface area contributed by atoms with Gasteiger partial charge in [0.05, 0.1) is 0 Å². The average Bonchev–Trinajstić information content (AvgIpc) is 3.09. The Hall–Kier alpha value is -0.940. The summed E-state index contributed by atoms with van der Waals surface area (Å²) in [5.74, 6) is 2.02. The van der Waals surface area contributed by atoms with Gasteiger partial charge in [0.25, 0.3) is 0 Å². The summed E-state index contributed by atoms with van der Waals surface area (Å²) in [6.45, 7) is 2.27. The van der Waals surface area contributed by atoms with Gasteiger partial charge in [0.15, 0.2) is 0 Å². The molecular weight excluding hydrogens is 266 g/mol. The molecule has 0 radical (unpaired) electrons. The van der Waals surface area contributed by atoms with Gasteiger partial charge in [-0.25, -0.2) is 0 Å². The van der Waals surface area contributed by atoms with Crippen molar-refractivity contribution in [2.24, 2.45) is 11.7 Å². The van der Waals surface area contributed by atoms with Crippen LogP contribution in [0.15, 0.2) is 4.52 Å². The van der Waals surface area contributed by atoms with Crippen LogP contribution >= 0.6 is 0 Å². The van der Waals surface area contributed by atoms with Crippen LogP contribution in [0.5, 0.6) is 0 Å². The third-order valence-electron chi connectivity index (χ3n) is 5.32. The predicted octanol–water partition coefficient (Wildman–Crippen LogP) is 2.94. The Bertz CT molecular complexity index is 482. The maximum Gasteiger partial charge on any atom is 0.228 e. The van der Waals surface area contributed by atoms with E-state index in [0.717, 1.165) is 32.1 Å². The maximum absolute atomic E-state index is 6.41. The first kappa shape index (κ1) is 15.0. The van der Waals surface area contributed by atoms with Crippen molar-refractivity contribution in [2.45, 2.75) is 75.9 Å². The molecule has 0 aliphatic heterocycles. The first-order valence-corrected chi connectivity index (χ1v) is 8.22. The topological polar surface area (TPSA) is 74.2 Å². The summed E-state index contributed by atoms with van der Waals surface area (Å²) in [6.07, 6.45) is 9.55. The van der Waals surface area contributed by atoms with E-state index < -0.39 is 0 Å². The van der Waals surface area contributed by atoms with Gasteiger partial charge >= 0.3 is 0 Å². The van der Waals surface area contributed by atoms with Crippen LogP contribution < -0.4 is 5.73 Å². The molecule has 2 saturated carbocycles. The Kier molecular flexibility index (Phi) is 4.06. The molecule has 2 unspecified atom stereocenters. The molecule has 5 heteroatoms. The summed E-state index contributed by atoms with van der Waals surface area (Å²) in [7, 11) is 1.76. The van der Waals surface area contributed by atoms with Gasteiger partial charge < -0.3 is 15.0 Å². The van der Waals surface area contributed by atoms with E-state index in [1.165, 1.54) is 19.3 Å². The molecule has 0 amide bonds. The summed E-state index contributed by atoms with van der Waals surface area (Å²) in [4.78, 5) is 4.64. The molecule has 0 aromatic carbocycles. The molecule has 3 rings (SSSR count). The lowest BCUT2D eigenvalue weighted by Crippen LogP contribution is -2.39. The van der Waals surface area contributed by atoms with Crippen LogP contribution in [0.4, 0.5) is 0 Å². The second-order valence-corrected chi connectivity index (χ2v) is 7.16. The zero-order valence-corrected chi connectivity index (χ0v) is 13.2. The van der Waals surface area contributed by atoms with Crippen molar-refractivity contribution in [3.05, 3.63) is 11.7 Å². The molecule has 1 aromatic rings. The number of methoxy groups -OCH3 is 1. The van der Waals surface area contributed by atoms with Gasteiger partial charge in [-0.2, -0.15) is 4.98 Å². The van der Waals surface area contributed by atoms with E-state index in [0.29, 0.717) is 24.1 Å². The normalized spacial score (nSPS) is 32.4. The number of aromatic nitrogens is 2. The predicted molar refractivity (Wildman–Crippen MR) is 79.7 cm³/mol. The first-order valence-electron chi connectivity index (χ1n) is 8.22. The van der Waals surface area contributed by atoms with Gasteiger partial charge in [0, 0.05) is 19.1 Å². The quantitative estimate of drug-likeness (QED) is 0.924. The maximum atomic E-state index is 6.41. The summed E-state index contributed by atoms with van der Waals surface area (Å²) in [5, 5.41) is 4.22. The van der Waals surface area contributed by atoms with E-state index in [-0.39, 0.29) is 11.1 Å². The van der Waals surface area contributed by atoms with Crippen molar-refractivity contribution in [3.8, 4) is 0 Å². The second-order valence-electron chi connectivity index (χ2n) is 7.16.